The van der Waals surface area contributed by atoms with Gasteiger partial charge in [0.05, 0.1) is 10.9 Å². The van der Waals surface area contributed by atoms with Crippen molar-refractivity contribution >= 4 is 28.3 Å². The van der Waals surface area contributed by atoms with Crippen LogP contribution < -0.4 is 11.1 Å². The Labute approximate surface area is 151 Å². The van der Waals surface area contributed by atoms with Gasteiger partial charge in [0.15, 0.2) is 0 Å². The average molecular weight is 378 g/mol. The normalized spacial score (nSPS) is 13.9. The second kappa shape index (κ2) is 9.98. The lowest BCUT2D eigenvalue weighted by atomic mass is 10.1. The van der Waals surface area contributed by atoms with E-state index in [-0.39, 0.29) is 35.2 Å². The first-order chi connectivity index (χ1) is 10.8. The van der Waals surface area contributed by atoms with E-state index in [0.717, 1.165) is 5.56 Å². The van der Waals surface area contributed by atoms with Crippen LogP contribution in [0.3, 0.4) is 0 Å². The summed E-state index contributed by atoms with van der Waals surface area (Å²) in [5, 5.41) is 2.87. The average Bonchev–Trinajstić information content (AvgIpc) is 2.54. The van der Waals surface area contributed by atoms with Crippen LogP contribution in [0.4, 0.5) is 0 Å². The van der Waals surface area contributed by atoms with Crippen LogP contribution >= 0.6 is 12.4 Å². The number of amides is 1. The molecule has 138 valence electrons. The number of carbonyl (C=O) groups excluding carboxylic acids is 1. The summed E-state index contributed by atoms with van der Waals surface area (Å²) in [5.41, 5.74) is 6.33. The fraction of sp³-hybridized carbons (Fsp3) is 0.562. The molecule has 0 aromatic heterocycles. The molecule has 1 aromatic carbocycles. The van der Waals surface area contributed by atoms with Gasteiger partial charge >= 0.3 is 0 Å². The molecule has 3 N–H and O–H groups in total. The van der Waals surface area contributed by atoms with Gasteiger partial charge in [-0.05, 0) is 24.6 Å². The Bertz CT molecular complexity index is 616. The number of sulfonamides is 1. The smallest absolute Gasteiger partial charge is 0.243 e. The van der Waals surface area contributed by atoms with Crippen LogP contribution in [0, 0.1) is 5.92 Å². The predicted octanol–water partition coefficient (Wildman–Crippen LogP) is 1.91. The van der Waals surface area contributed by atoms with Crippen molar-refractivity contribution in [2.75, 3.05) is 19.6 Å². The predicted molar refractivity (Wildman–Crippen MR) is 98.6 cm³/mol. The van der Waals surface area contributed by atoms with Gasteiger partial charge in [0.25, 0.3) is 0 Å². The zero-order valence-electron chi connectivity index (χ0n) is 14.7. The third-order valence-electron chi connectivity index (χ3n) is 3.88. The first-order valence-electron chi connectivity index (χ1n) is 7.88. The Morgan fingerprint density at radius 2 is 1.67 bits per heavy atom. The fourth-order valence-corrected chi connectivity index (χ4v) is 3.65. The van der Waals surface area contributed by atoms with Crippen molar-refractivity contribution in [1.29, 1.82) is 0 Å². The number of carbonyl (C=O) groups is 1. The van der Waals surface area contributed by atoms with Gasteiger partial charge in [-0.3, -0.25) is 4.79 Å². The molecule has 6 nitrogen and oxygen atoms in total. The second-order valence-corrected chi connectivity index (χ2v) is 7.46. The van der Waals surface area contributed by atoms with Crippen LogP contribution in [0.15, 0.2) is 29.2 Å². The molecule has 0 bridgehead atoms. The molecule has 0 fully saturated rings. The highest BCUT2D eigenvalue weighted by atomic mass is 35.5. The van der Waals surface area contributed by atoms with Crippen molar-refractivity contribution in [2.45, 2.75) is 38.6 Å². The highest BCUT2D eigenvalue weighted by Gasteiger charge is 2.22. The molecule has 2 atom stereocenters. The minimum Gasteiger partial charge on any atom is -0.349 e. The zero-order chi connectivity index (χ0) is 17.6. The van der Waals surface area contributed by atoms with E-state index in [9.17, 15) is 13.2 Å². The minimum atomic E-state index is -3.45. The molecule has 24 heavy (non-hydrogen) atoms. The van der Waals surface area contributed by atoms with E-state index in [2.05, 4.69) is 5.32 Å². The standard InChI is InChI=1S/C16H27N3O3S.ClH/c1-5-19(6-2)23(21,22)15-9-7-14(8-10-15)13(4)18-16(20)12(3)11-17;/h7-10,12-13H,5-6,11,17H2,1-4H3,(H,18,20);1H. The summed E-state index contributed by atoms with van der Waals surface area (Å²) in [6.45, 7) is 8.40. The molecule has 0 spiro atoms. The highest BCUT2D eigenvalue weighted by molar-refractivity contribution is 7.89. The molecule has 0 radical (unpaired) electrons. The summed E-state index contributed by atoms with van der Waals surface area (Å²) in [6.07, 6.45) is 0. The molecule has 1 rings (SSSR count). The topological polar surface area (TPSA) is 92.5 Å². The maximum atomic E-state index is 12.4. The lowest BCUT2D eigenvalue weighted by Gasteiger charge is -2.20. The molecule has 0 aliphatic heterocycles. The molecular formula is C16H28ClN3O3S. The molecule has 0 aliphatic rings. The third kappa shape index (κ3) is 5.44. The second-order valence-electron chi connectivity index (χ2n) is 5.53. The number of rotatable bonds is 8. The van der Waals surface area contributed by atoms with E-state index in [0.29, 0.717) is 19.6 Å². The molecule has 2 unspecified atom stereocenters. The lowest BCUT2D eigenvalue weighted by Crippen LogP contribution is -2.35. The van der Waals surface area contributed by atoms with Crippen LogP contribution in [0.2, 0.25) is 0 Å². The van der Waals surface area contributed by atoms with Crippen molar-refractivity contribution in [3.8, 4) is 0 Å². The Hall–Kier alpha value is -1.15. The van der Waals surface area contributed by atoms with Crippen LogP contribution in [0.25, 0.3) is 0 Å². The van der Waals surface area contributed by atoms with Crippen molar-refractivity contribution < 1.29 is 13.2 Å². The molecule has 8 heteroatoms. The van der Waals surface area contributed by atoms with Gasteiger partial charge < -0.3 is 11.1 Å². The number of nitrogens with two attached hydrogens (primary N) is 1. The quantitative estimate of drug-likeness (QED) is 0.723. The largest absolute Gasteiger partial charge is 0.349 e. The van der Waals surface area contributed by atoms with Gasteiger partial charge in [-0.2, -0.15) is 4.31 Å². The van der Waals surface area contributed by atoms with Crippen LogP contribution in [0.5, 0.6) is 0 Å². The monoisotopic (exact) mass is 377 g/mol. The Morgan fingerprint density at radius 3 is 2.08 bits per heavy atom. The number of benzene rings is 1. The fourth-order valence-electron chi connectivity index (χ4n) is 2.19. The molecule has 0 saturated heterocycles. The van der Waals surface area contributed by atoms with E-state index in [1.165, 1.54) is 4.31 Å². The van der Waals surface area contributed by atoms with E-state index in [1.54, 1.807) is 31.2 Å². The summed E-state index contributed by atoms with van der Waals surface area (Å²) in [5.74, 6) is -0.361. The summed E-state index contributed by atoms with van der Waals surface area (Å²) in [4.78, 5) is 12.1. The van der Waals surface area contributed by atoms with E-state index < -0.39 is 10.0 Å². The summed E-state index contributed by atoms with van der Waals surface area (Å²) in [6, 6.07) is 6.42. The first kappa shape index (κ1) is 22.9. The maximum absolute atomic E-state index is 12.4. The Balaban J connectivity index is 0.00000529. The summed E-state index contributed by atoms with van der Waals surface area (Å²) in [7, 11) is -3.45. The van der Waals surface area contributed by atoms with Crippen molar-refractivity contribution in [2.24, 2.45) is 11.7 Å². The number of nitrogens with zero attached hydrogens (tertiary/aromatic N) is 1. The van der Waals surface area contributed by atoms with E-state index in [1.807, 2.05) is 20.8 Å². The summed E-state index contributed by atoms with van der Waals surface area (Å²) < 4.78 is 26.3. The van der Waals surface area contributed by atoms with Gasteiger partial charge in [-0.25, -0.2) is 8.42 Å². The summed E-state index contributed by atoms with van der Waals surface area (Å²) >= 11 is 0. The molecule has 1 aromatic rings. The number of halogens is 1. The van der Waals surface area contributed by atoms with Crippen molar-refractivity contribution in [1.82, 2.24) is 9.62 Å². The molecular weight excluding hydrogens is 350 g/mol. The number of nitrogens with one attached hydrogen (secondary N) is 1. The van der Waals surface area contributed by atoms with Gasteiger partial charge in [0.1, 0.15) is 0 Å². The van der Waals surface area contributed by atoms with Crippen molar-refractivity contribution in [3.05, 3.63) is 29.8 Å². The van der Waals surface area contributed by atoms with Crippen LogP contribution in [-0.2, 0) is 14.8 Å². The maximum Gasteiger partial charge on any atom is 0.243 e. The molecule has 0 aliphatic carbocycles. The lowest BCUT2D eigenvalue weighted by molar-refractivity contribution is -0.124. The van der Waals surface area contributed by atoms with E-state index >= 15 is 0 Å². The zero-order valence-corrected chi connectivity index (χ0v) is 16.3. The molecule has 1 amide bonds. The minimum absolute atomic E-state index is 0. The number of hydrogen-bond donors (Lipinski definition) is 2. The Morgan fingerprint density at radius 1 is 1.17 bits per heavy atom. The third-order valence-corrected chi connectivity index (χ3v) is 5.95. The highest BCUT2D eigenvalue weighted by Crippen LogP contribution is 2.19. The van der Waals surface area contributed by atoms with Gasteiger partial charge in [-0.15, -0.1) is 12.4 Å². The SMILES string of the molecule is CCN(CC)S(=O)(=O)c1ccc(C(C)NC(=O)C(C)CN)cc1.Cl. The first-order valence-corrected chi connectivity index (χ1v) is 9.32. The number of hydrogen-bond acceptors (Lipinski definition) is 4. The van der Waals surface area contributed by atoms with Crippen LogP contribution in [0.1, 0.15) is 39.3 Å². The van der Waals surface area contributed by atoms with Crippen LogP contribution in [-0.4, -0.2) is 38.3 Å². The Kier molecular flexibility index (Phi) is 9.50. The van der Waals surface area contributed by atoms with Gasteiger partial charge in [0, 0.05) is 25.6 Å². The molecule has 0 heterocycles. The van der Waals surface area contributed by atoms with Gasteiger partial charge in [-0.1, -0.05) is 32.9 Å². The van der Waals surface area contributed by atoms with Crippen molar-refractivity contribution in [3.63, 3.8) is 0 Å². The molecule has 0 saturated carbocycles. The van der Waals surface area contributed by atoms with E-state index in [4.69, 9.17) is 5.73 Å². The van der Waals surface area contributed by atoms with Gasteiger partial charge in [0.2, 0.25) is 15.9 Å².